The van der Waals surface area contributed by atoms with E-state index in [4.69, 9.17) is 14.6 Å². The number of anilines is 1. The number of carboxylic acid groups (broad SMARTS) is 1. The lowest BCUT2D eigenvalue weighted by Crippen LogP contribution is -2.14. The number of nitrogens with zero attached hydrogens (tertiary/aromatic N) is 2. The van der Waals surface area contributed by atoms with Gasteiger partial charge in [0.1, 0.15) is 0 Å². The van der Waals surface area contributed by atoms with E-state index in [9.17, 15) is 4.79 Å². The Balaban J connectivity index is 2.80. The molecule has 1 rings (SSSR count). The summed E-state index contributed by atoms with van der Waals surface area (Å²) in [6.45, 7) is 4.65. The van der Waals surface area contributed by atoms with Crippen LogP contribution in [-0.2, 0) is 9.53 Å². The first kappa shape index (κ1) is 15.2. The first-order valence-electron chi connectivity index (χ1n) is 5.99. The maximum absolute atomic E-state index is 10.5. The average Bonchev–Trinajstić information content (AvgIpc) is 2.36. The fourth-order valence-electron chi connectivity index (χ4n) is 1.29. The first-order valence-corrected chi connectivity index (χ1v) is 5.99. The SMILES string of the molecule is COCCNc1nc(OCC(=O)O)cc(C(C)C)n1. The summed E-state index contributed by atoms with van der Waals surface area (Å²) in [5.41, 5.74) is 0.787. The Morgan fingerprint density at radius 1 is 1.47 bits per heavy atom. The molecule has 106 valence electrons. The Morgan fingerprint density at radius 2 is 2.21 bits per heavy atom. The van der Waals surface area contributed by atoms with E-state index in [1.165, 1.54) is 0 Å². The molecule has 0 spiro atoms. The van der Waals surface area contributed by atoms with Gasteiger partial charge in [0, 0.05) is 19.7 Å². The van der Waals surface area contributed by atoms with Crippen molar-refractivity contribution >= 4 is 11.9 Å². The second kappa shape index (κ2) is 7.52. The van der Waals surface area contributed by atoms with Gasteiger partial charge in [0.05, 0.1) is 12.3 Å². The van der Waals surface area contributed by atoms with E-state index in [2.05, 4.69) is 15.3 Å². The van der Waals surface area contributed by atoms with Gasteiger partial charge in [-0.05, 0) is 5.92 Å². The van der Waals surface area contributed by atoms with Gasteiger partial charge in [-0.3, -0.25) is 0 Å². The van der Waals surface area contributed by atoms with Crippen LogP contribution in [0, 0.1) is 0 Å². The van der Waals surface area contributed by atoms with Gasteiger partial charge in [0.15, 0.2) is 6.61 Å². The molecule has 0 amide bonds. The van der Waals surface area contributed by atoms with Crippen molar-refractivity contribution in [1.82, 2.24) is 9.97 Å². The van der Waals surface area contributed by atoms with Crippen LogP contribution < -0.4 is 10.1 Å². The molecule has 0 aliphatic heterocycles. The lowest BCUT2D eigenvalue weighted by Gasteiger charge is -2.11. The van der Waals surface area contributed by atoms with Crippen molar-refractivity contribution < 1.29 is 19.4 Å². The maximum atomic E-state index is 10.5. The Kier molecular flexibility index (Phi) is 6.01. The normalized spacial score (nSPS) is 10.5. The second-order valence-corrected chi connectivity index (χ2v) is 4.21. The van der Waals surface area contributed by atoms with Crippen LogP contribution in [0.2, 0.25) is 0 Å². The Labute approximate surface area is 112 Å². The second-order valence-electron chi connectivity index (χ2n) is 4.21. The minimum atomic E-state index is -1.04. The molecule has 7 heteroatoms. The molecule has 0 aromatic carbocycles. The molecule has 0 fully saturated rings. The molecule has 0 saturated heterocycles. The van der Waals surface area contributed by atoms with Crippen molar-refractivity contribution in [3.05, 3.63) is 11.8 Å². The largest absolute Gasteiger partial charge is 0.479 e. The number of aromatic nitrogens is 2. The van der Waals surface area contributed by atoms with Gasteiger partial charge in [-0.25, -0.2) is 9.78 Å². The van der Waals surface area contributed by atoms with Gasteiger partial charge < -0.3 is 19.9 Å². The zero-order valence-corrected chi connectivity index (χ0v) is 11.3. The van der Waals surface area contributed by atoms with Crippen molar-refractivity contribution in [3.8, 4) is 5.88 Å². The van der Waals surface area contributed by atoms with Crippen molar-refractivity contribution in [2.45, 2.75) is 19.8 Å². The third-order valence-electron chi connectivity index (χ3n) is 2.25. The van der Waals surface area contributed by atoms with E-state index in [0.29, 0.717) is 19.1 Å². The highest BCUT2D eigenvalue weighted by molar-refractivity contribution is 5.68. The lowest BCUT2D eigenvalue weighted by atomic mass is 10.1. The summed E-state index contributed by atoms with van der Waals surface area (Å²) in [4.78, 5) is 18.9. The van der Waals surface area contributed by atoms with E-state index < -0.39 is 12.6 Å². The van der Waals surface area contributed by atoms with Crippen LogP contribution in [0.1, 0.15) is 25.5 Å². The molecule has 0 unspecified atom stereocenters. The van der Waals surface area contributed by atoms with E-state index in [-0.39, 0.29) is 11.8 Å². The van der Waals surface area contributed by atoms with Crippen LogP contribution in [0.5, 0.6) is 5.88 Å². The highest BCUT2D eigenvalue weighted by Crippen LogP contribution is 2.19. The smallest absolute Gasteiger partial charge is 0.341 e. The van der Waals surface area contributed by atoms with Gasteiger partial charge >= 0.3 is 5.97 Å². The number of hydrogen-bond donors (Lipinski definition) is 2. The zero-order chi connectivity index (χ0) is 14.3. The number of ether oxygens (including phenoxy) is 2. The Hall–Kier alpha value is -1.89. The zero-order valence-electron chi connectivity index (χ0n) is 11.3. The number of carboxylic acids is 1. The van der Waals surface area contributed by atoms with Crippen LogP contribution in [0.25, 0.3) is 0 Å². The lowest BCUT2D eigenvalue weighted by molar-refractivity contribution is -0.139. The quantitative estimate of drug-likeness (QED) is 0.683. The topological polar surface area (TPSA) is 93.6 Å². The number of nitrogens with one attached hydrogen (secondary N) is 1. The van der Waals surface area contributed by atoms with Crippen LogP contribution >= 0.6 is 0 Å². The fourth-order valence-corrected chi connectivity index (χ4v) is 1.29. The van der Waals surface area contributed by atoms with Gasteiger partial charge in [-0.2, -0.15) is 4.98 Å². The molecule has 0 radical (unpaired) electrons. The molecule has 7 nitrogen and oxygen atoms in total. The monoisotopic (exact) mass is 269 g/mol. The van der Waals surface area contributed by atoms with Gasteiger partial charge in [-0.15, -0.1) is 0 Å². The van der Waals surface area contributed by atoms with E-state index in [0.717, 1.165) is 5.69 Å². The highest BCUT2D eigenvalue weighted by Gasteiger charge is 2.09. The summed E-state index contributed by atoms with van der Waals surface area (Å²) in [5.74, 6) is -0.193. The number of rotatable bonds is 8. The van der Waals surface area contributed by atoms with E-state index in [1.807, 2.05) is 13.8 Å². The van der Waals surface area contributed by atoms with Crippen LogP contribution in [0.15, 0.2) is 6.07 Å². The van der Waals surface area contributed by atoms with Gasteiger partial charge in [0.2, 0.25) is 11.8 Å². The standard InChI is InChI=1S/C12H19N3O4/c1-8(2)9-6-10(19-7-11(16)17)15-12(14-9)13-4-5-18-3/h6,8H,4-5,7H2,1-3H3,(H,16,17)(H,13,14,15). The van der Waals surface area contributed by atoms with Crippen LogP contribution in [-0.4, -0.2) is 47.9 Å². The summed E-state index contributed by atoms with van der Waals surface area (Å²) < 4.78 is 10.0. The number of hydrogen-bond acceptors (Lipinski definition) is 6. The number of methoxy groups -OCH3 is 1. The summed E-state index contributed by atoms with van der Waals surface area (Å²) >= 11 is 0. The summed E-state index contributed by atoms with van der Waals surface area (Å²) in [7, 11) is 1.61. The summed E-state index contributed by atoms with van der Waals surface area (Å²) in [6.07, 6.45) is 0. The molecule has 0 atom stereocenters. The van der Waals surface area contributed by atoms with Crippen LogP contribution in [0.3, 0.4) is 0 Å². The van der Waals surface area contributed by atoms with Crippen molar-refractivity contribution in [2.75, 3.05) is 32.2 Å². The summed E-state index contributed by atoms with van der Waals surface area (Å²) in [6, 6.07) is 1.65. The Morgan fingerprint density at radius 3 is 2.79 bits per heavy atom. The minimum Gasteiger partial charge on any atom is -0.479 e. The van der Waals surface area contributed by atoms with E-state index in [1.54, 1.807) is 13.2 Å². The third kappa shape index (κ3) is 5.52. The number of carbonyl (C=O) groups is 1. The maximum Gasteiger partial charge on any atom is 0.341 e. The summed E-state index contributed by atoms with van der Waals surface area (Å²) in [5, 5.41) is 11.6. The molecule has 1 aromatic heterocycles. The minimum absolute atomic E-state index is 0.193. The van der Waals surface area contributed by atoms with Crippen molar-refractivity contribution in [2.24, 2.45) is 0 Å². The Bertz CT molecular complexity index is 423. The third-order valence-corrected chi connectivity index (χ3v) is 2.25. The van der Waals surface area contributed by atoms with E-state index >= 15 is 0 Å². The van der Waals surface area contributed by atoms with Crippen LogP contribution in [0.4, 0.5) is 5.95 Å². The van der Waals surface area contributed by atoms with Gasteiger partial charge in [0.25, 0.3) is 0 Å². The molecule has 19 heavy (non-hydrogen) atoms. The van der Waals surface area contributed by atoms with Gasteiger partial charge in [-0.1, -0.05) is 13.8 Å². The average molecular weight is 269 g/mol. The van der Waals surface area contributed by atoms with Crippen molar-refractivity contribution in [1.29, 1.82) is 0 Å². The molecule has 2 N–H and O–H groups in total. The predicted octanol–water partition coefficient (Wildman–Crippen LogP) is 1.12. The fraction of sp³-hybridized carbons (Fsp3) is 0.583. The molecule has 1 aromatic rings. The molecular weight excluding hydrogens is 250 g/mol. The number of aliphatic carboxylic acids is 1. The predicted molar refractivity (Wildman–Crippen MR) is 69.6 cm³/mol. The molecule has 0 saturated carbocycles. The molecular formula is C12H19N3O4. The molecule has 1 heterocycles. The molecule has 0 aliphatic rings. The van der Waals surface area contributed by atoms with Crippen molar-refractivity contribution in [3.63, 3.8) is 0 Å². The first-order chi connectivity index (χ1) is 9.02. The highest BCUT2D eigenvalue weighted by atomic mass is 16.5. The molecule has 0 bridgehead atoms. The molecule has 0 aliphatic carbocycles.